The number of hydrogen-bond donors (Lipinski definition) is 3. The number of nitrogens with zero attached hydrogens (tertiary/aromatic N) is 1. The minimum atomic E-state index is -0.0881. The second-order valence-corrected chi connectivity index (χ2v) is 4.82. The average molecular weight is 276 g/mol. The highest BCUT2D eigenvalue weighted by Gasteiger charge is 2.21. The Morgan fingerprint density at radius 1 is 1.30 bits per heavy atom. The summed E-state index contributed by atoms with van der Waals surface area (Å²) in [5, 5.41) is 8.71. The summed E-state index contributed by atoms with van der Waals surface area (Å²) in [5.74, 6) is -0.0778. The van der Waals surface area contributed by atoms with E-state index >= 15 is 0 Å². The van der Waals surface area contributed by atoms with Gasteiger partial charge in [0.1, 0.15) is 0 Å². The molecule has 0 radical (unpaired) electrons. The first kappa shape index (κ1) is 14.5. The van der Waals surface area contributed by atoms with Gasteiger partial charge in [-0.2, -0.15) is 0 Å². The Bertz CT molecular complexity index is 444. The summed E-state index contributed by atoms with van der Waals surface area (Å²) in [7, 11) is 0. The first-order valence-electron chi connectivity index (χ1n) is 6.92. The van der Waals surface area contributed by atoms with E-state index in [0.29, 0.717) is 19.5 Å². The van der Waals surface area contributed by atoms with Gasteiger partial charge >= 0.3 is 0 Å². The van der Waals surface area contributed by atoms with E-state index in [4.69, 9.17) is 0 Å². The quantitative estimate of drug-likeness (QED) is 0.680. The molecule has 0 aliphatic carbocycles. The van der Waals surface area contributed by atoms with E-state index in [0.717, 1.165) is 24.9 Å². The maximum absolute atomic E-state index is 11.7. The predicted molar refractivity (Wildman–Crippen MR) is 74.7 cm³/mol. The Labute approximate surface area is 118 Å². The molecule has 0 saturated carbocycles. The summed E-state index contributed by atoms with van der Waals surface area (Å²) in [5.41, 5.74) is 1.01. The van der Waals surface area contributed by atoms with Crippen molar-refractivity contribution >= 4 is 11.8 Å². The lowest BCUT2D eigenvalue weighted by Gasteiger charge is -2.11. The molecule has 0 aromatic carbocycles. The Morgan fingerprint density at radius 3 is 2.80 bits per heavy atom. The zero-order chi connectivity index (χ0) is 14.2. The fourth-order valence-electron chi connectivity index (χ4n) is 2.12. The summed E-state index contributed by atoms with van der Waals surface area (Å²) < 4.78 is 0. The predicted octanol–water partition coefficient (Wildman–Crippen LogP) is -0.0439. The van der Waals surface area contributed by atoms with Crippen molar-refractivity contribution in [1.82, 2.24) is 20.9 Å². The van der Waals surface area contributed by atoms with Gasteiger partial charge < -0.3 is 16.0 Å². The smallest absolute Gasteiger partial charge is 0.237 e. The monoisotopic (exact) mass is 276 g/mol. The third kappa shape index (κ3) is 4.62. The number of carbonyl (C=O) groups excluding carboxylic acids is 2. The molecule has 6 heteroatoms. The number of carbonyl (C=O) groups is 2. The van der Waals surface area contributed by atoms with Crippen molar-refractivity contribution in [3.05, 3.63) is 30.1 Å². The van der Waals surface area contributed by atoms with Gasteiger partial charge in [0.25, 0.3) is 0 Å². The van der Waals surface area contributed by atoms with Crippen LogP contribution in [-0.4, -0.2) is 35.9 Å². The van der Waals surface area contributed by atoms with Crippen molar-refractivity contribution < 1.29 is 9.59 Å². The van der Waals surface area contributed by atoms with Gasteiger partial charge in [-0.1, -0.05) is 0 Å². The molecular weight excluding hydrogens is 256 g/mol. The molecule has 1 aromatic rings. The van der Waals surface area contributed by atoms with Crippen LogP contribution >= 0.6 is 0 Å². The zero-order valence-corrected chi connectivity index (χ0v) is 11.4. The Morgan fingerprint density at radius 2 is 2.10 bits per heavy atom. The molecule has 2 heterocycles. The molecule has 1 aliphatic heterocycles. The molecule has 1 fully saturated rings. The lowest BCUT2D eigenvalue weighted by Crippen LogP contribution is -2.41. The first-order chi connectivity index (χ1) is 9.75. The van der Waals surface area contributed by atoms with Gasteiger partial charge in [-0.15, -0.1) is 0 Å². The van der Waals surface area contributed by atoms with Crippen LogP contribution in [0.5, 0.6) is 0 Å². The number of amides is 2. The van der Waals surface area contributed by atoms with E-state index < -0.39 is 0 Å². The van der Waals surface area contributed by atoms with E-state index in [2.05, 4.69) is 20.9 Å². The van der Waals surface area contributed by atoms with Crippen molar-refractivity contribution in [1.29, 1.82) is 0 Å². The number of rotatable bonds is 6. The number of nitrogens with one attached hydrogen (secondary N) is 3. The van der Waals surface area contributed by atoms with Crippen molar-refractivity contribution in [3.8, 4) is 0 Å². The SMILES string of the molecule is O=C(CCNC(=O)C1CCCN1)NCc1ccncc1. The third-order valence-electron chi connectivity index (χ3n) is 3.27. The molecule has 20 heavy (non-hydrogen) atoms. The summed E-state index contributed by atoms with van der Waals surface area (Å²) in [6, 6.07) is 3.62. The normalized spacial score (nSPS) is 17.7. The number of pyridine rings is 1. The topological polar surface area (TPSA) is 83.1 Å². The summed E-state index contributed by atoms with van der Waals surface area (Å²) in [6.07, 6.45) is 5.58. The van der Waals surface area contributed by atoms with Crippen LogP contribution in [0, 0.1) is 0 Å². The van der Waals surface area contributed by atoms with Crippen molar-refractivity contribution in [2.24, 2.45) is 0 Å². The standard InChI is InChI=1S/C14H20N4O2/c19-13(18-10-11-3-7-15-8-4-11)5-9-17-14(20)12-2-1-6-16-12/h3-4,7-8,12,16H,1-2,5-6,9-10H2,(H,17,20)(H,18,19). The van der Waals surface area contributed by atoms with Gasteiger partial charge in [0.05, 0.1) is 6.04 Å². The second-order valence-electron chi connectivity index (χ2n) is 4.82. The molecule has 0 spiro atoms. The maximum Gasteiger partial charge on any atom is 0.237 e. The van der Waals surface area contributed by atoms with E-state index in [1.807, 2.05) is 12.1 Å². The van der Waals surface area contributed by atoms with Gasteiger partial charge in [0.2, 0.25) is 11.8 Å². The van der Waals surface area contributed by atoms with Gasteiger partial charge in [-0.3, -0.25) is 14.6 Å². The molecule has 1 unspecified atom stereocenters. The fraction of sp³-hybridized carbons (Fsp3) is 0.500. The maximum atomic E-state index is 11.7. The van der Waals surface area contributed by atoms with Crippen LogP contribution in [0.4, 0.5) is 0 Å². The molecule has 1 aliphatic rings. The molecular formula is C14H20N4O2. The Kier molecular flexibility index (Phi) is 5.49. The van der Waals surface area contributed by atoms with Crippen molar-refractivity contribution in [2.45, 2.75) is 31.8 Å². The molecule has 2 rings (SSSR count). The molecule has 3 N–H and O–H groups in total. The van der Waals surface area contributed by atoms with E-state index in [-0.39, 0.29) is 17.9 Å². The molecule has 6 nitrogen and oxygen atoms in total. The van der Waals surface area contributed by atoms with E-state index in [1.54, 1.807) is 12.4 Å². The van der Waals surface area contributed by atoms with Crippen LogP contribution in [-0.2, 0) is 16.1 Å². The van der Waals surface area contributed by atoms with Gasteiger partial charge in [-0.25, -0.2) is 0 Å². The third-order valence-corrected chi connectivity index (χ3v) is 3.27. The minimum absolute atomic E-state index is 0.00978. The van der Waals surface area contributed by atoms with Crippen LogP contribution in [0.3, 0.4) is 0 Å². The van der Waals surface area contributed by atoms with E-state index in [9.17, 15) is 9.59 Å². The van der Waals surface area contributed by atoms with Crippen LogP contribution in [0.15, 0.2) is 24.5 Å². The molecule has 1 atom stereocenters. The van der Waals surface area contributed by atoms with Gasteiger partial charge in [-0.05, 0) is 37.1 Å². The Balaban J connectivity index is 1.59. The minimum Gasteiger partial charge on any atom is -0.354 e. The zero-order valence-electron chi connectivity index (χ0n) is 11.4. The highest BCUT2D eigenvalue weighted by molar-refractivity contribution is 5.83. The molecule has 1 aromatic heterocycles. The van der Waals surface area contributed by atoms with Crippen LogP contribution in [0.2, 0.25) is 0 Å². The van der Waals surface area contributed by atoms with Crippen LogP contribution in [0.25, 0.3) is 0 Å². The van der Waals surface area contributed by atoms with Crippen LogP contribution in [0.1, 0.15) is 24.8 Å². The van der Waals surface area contributed by atoms with Crippen molar-refractivity contribution in [2.75, 3.05) is 13.1 Å². The largest absolute Gasteiger partial charge is 0.354 e. The summed E-state index contributed by atoms with van der Waals surface area (Å²) in [4.78, 5) is 27.2. The fourth-order valence-corrected chi connectivity index (χ4v) is 2.12. The molecule has 0 bridgehead atoms. The lowest BCUT2D eigenvalue weighted by atomic mass is 10.2. The molecule has 108 valence electrons. The van der Waals surface area contributed by atoms with Gasteiger partial charge in [0.15, 0.2) is 0 Å². The lowest BCUT2D eigenvalue weighted by molar-refractivity contribution is -0.123. The second kappa shape index (κ2) is 7.59. The van der Waals surface area contributed by atoms with Gasteiger partial charge in [0, 0.05) is 31.9 Å². The number of aromatic nitrogens is 1. The average Bonchev–Trinajstić information content (AvgIpc) is 3.00. The first-order valence-corrected chi connectivity index (χ1v) is 6.92. The molecule has 1 saturated heterocycles. The van der Waals surface area contributed by atoms with Crippen LogP contribution < -0.4 is 16.0 Å². The number of hydrogen-bond acceptors (Lipinski definition) is 4. The Hall–Kier alpha value is -1.95. The highest BCUT2D eigenvalue weighted by atomic mass is 16.2. The summed E-state index contributed by atoms with van der Waals surface area (Å²) in [6.45, 7) is 1.75. The van der Waals surface area contributed by atoms with E-state index in [1.165, 1.54) is 0 Å². The molecule has 2 amide bonds. The van der Waals surface area contributed by atoms with Crippen molar-refractivity contribution in [3.63, 3.8) is 0 Å². The highest BCUT2D eigenvalue weighted by Crippen LogP contribution is 2.04. The summed E-state index contributed by atoms with van der Waals surface area (Å²) >= 11 is 0.